The van der Waals surface area contributed by atoms with Gasteiger partial charge in [0.25, 0.3) is 0 Å². The summed E-state index contributed by atoms with van der Waals surface area (Å²) in [6.07, 6.45) is 1.67. The maximum Gasteiger partial charge on any atom is 0.325 e. The Bertz CT molecular complexity index is 566. The molecule has 2 rings (SSSR count). The molecule has 0 radical (unpaired) electrons. The molecule has 0 spiro atoms. The second-order valence-corrected chi connectivity index (χ2v) is 4.14. The van der Waals surface area contributed by atoms with E-state index < -0.39 is 12.0 Å². The predicted molar refractivity (Wildman–Crippen MR) is 72.0 cm³/mol. The maximum atomic E-state index is 11.4. The van der Waals surface area contributed by atoms with E-state index in [-0.39, 0.29) is 0 Å². The third-order valence-corrected chi connectivity index (χ3v) is 2.88. The molecule has 0 saturated carbocycles. The number of nitrogens with zero attached hydrogens (tertiary/aromatic N) is 1. The van der Waals surface area contributed by atoms with Crippen molar-refractivity contribution in [3.63, 3.8) is 0 Å². The van der Waals surface area contributed by atoms with Crippen LogP contribution in [0.2, 0.25) is 0 Å². The molecular weight excluding hydrogens is 244 g/mol. The Balaban J connectivity index is 2.36. The lowest BCUT2D eigenvalue weighted by molar-refractivity contribution is -0.139. The molecule has 0 bridgehead atoms. The number of para-hydroxylation sites is 1. The van der Waals surface area contributed by atoms with Crippen LogP contribution in [0.25, 0.3) is 10.9 Å². The molecule has 0 aliphatic heterocycles. The molecule has 1 atom stereocenters. The molecular formula is C14H16N2O3. The monoisotopic (exact) mass is 260 g/mol. The van der Waals surface area contributed by atoms with Crippen LogP contribution in [-0.2, 0) is 9.53 Å². The van der Waals surface area contributed by atoms with E-state index in [9.17, 15) is 9.90 Å². The Kier molecular flexibility index (Phi) is 4.43. The van der Waals surface area contributed by atoms with E-state index in [1.165, 1.54) is 0 Å². The number of aliphatic carboxylic acids is 1. The van der Waals surface area contributed by atoms with Gasteiger partial charge in [-0.3, -0.25) is 15.1 Å². The average molecular weight is 260 g/mol. The third-order valence-electron chi connectivity index (χ3n) is 2.88. The lowest BCUT2D eigenvalue weighted by Crippen LogP contribution is -2.31. The molecule has 0 fully saturated rings. The highest BCUT2D eigenvalue weighted by Crippen LogP contribution is 2.22. The van der Waals surface area contributed by atoms with Gasteiger partial charge in [-0.1, -0.05) is 24.3 Å². The number of hydrogen-bond donors (Lipinski definition) is 2. The summed E-state index contributed by atoms with van der Waals surface area (Å²) in [5, 5.41) is 13.2. The van der Waals surface area contributed by atoms with Gasteiger partial charge >= 0.3 is 5.97 Å². The highest BCUT2D eigenvalue weighted by Gasteiger charge is 2.21. The number of methoxy groups -OCH3 is 1. The van der Waals surface area contributed by atoms with Gasteiger partial charge in [0.1, 0.15) is 6.04 Å². The minimum Gasteiger partial charge on any atom is -0.480 e. The number of carboxylic acids is 1. The van der Waals surface area contributed by atoms with E-state index in [1.807, 2.05) is 24.3 Å². The number of ether oxygens (including phenoxy) is 1. The quantitative estimate of drug-likeness (QED) is 0.772. The van der Waals surface area contributed by atoms with Gasteiger partial charge in [0.2, 0.25) is 0 Å². The molecule has 5 nitrogen and oxygen atoms in total. The fraction of sp³-hybridized carbons (Fsp3) is 0.286. The smallest absolute Gasteiger partial charge is 0.325 e. The zero-order valence-corrected chi connectivity index (χ0v) is 10.7. The molecule has 0 aliphatic rings. The normalized spacial score (nSPS) is 12.5. The first kappa shape index (κ1) is 13.5. The van der Waals surface area contributed by atoms with Gasteiger partial charge in [0.05, 0.1) is 12.1 Å². The fourth-order valence-electron chi connectivity index (χ4n) is 2.00. The van der Waals surface area contributed by atoms with Crippen LogP contribution in [0.3, 0.4) is 0 Å². The van der Waals surface area contributed by atoms with Crippen LogP contribution < -0.4 is 5.32 Å². The van der Waals surface area contributed by atoms with Gasteiger partial charge in [-0.2, -0.15) is 0 Å². The first-order valence-corrected chi connectivity index (χ1v) is 6.03. The number of pyridine rings is 1. The number of carbonyl (C=O) groups is 1. The van der Waals surface area contributed by atoms with E-state index in [4.69, 9.17) is 4.74 Å². The van der Waals surface area contributed by atoms with Crippen LogP contribution >= 0.6 is 0 Å². The molecule has 0 amide bonds. The van der Waals surface area contributed by atoms with Crippen molar-refractivity contribution in [2.75, 3.05) is 20.3 Å². The van der Waals surface area contributed by atoms with E-state index in [0.717, 1.165) is 5.39 Å². The Morgan fingerprint density at radius 3 is 2.95 bits per heavy atom. The van der Waals surface area contributed by atoms with Crippen molar-refractivity contribution in [3.05, 3.63) is 42.1 Å². The van der Waals surface area contributed by atoms with Crippen LogP contribution in [-0.4, -0.2) is 36.3 Å². The molecule has 19 heavy (non-hydrogen) atoms. The standard InChI is InChI=1S/C14H16N2O3/c1-19-9-8-16-13(14(17)18)11-6-2-4-10-5-3-7-15-12(10)11/h2-7,13,16H,8-9H2,1H3,(H,17,18). The van der Waals surface area contributed by atoms with Crippen LogP contribution in [0.1, 0.15) is 11.6 Å². The number of aromatic nitrogens is 1. The van der Waals surface area contributed by atoms with Crippen LogP contribution in [0.15, 0.2) is 36.5 Å². The first-order valence-electron chi connectivity index (χ1n) is 6.03. The van der Waals surface area contributed by atoms with Crippen molar-refractivity contribution in [3.8, 4) is 0 Å². The molecule has 1 aromatic carbocycles. The number of rotatable bonds is 6. The summed E-state index contributed by atoms with van der Waals surface area (Å²) in [4.78, 5) is 15.7. The first-order chi connectivity index (χ1) is 9.24. The number of fused-ring (bicyclic) bond motifs is 1. The van der Waals surface area contributed by atoms with Gasteiger partial charge < -0.3 is 9.84 Å². The zero-order chi connectivity index (χ0) is 13.7. The van der Waals surface area contributed by atoms with Crippen molar-refractivity contribution in [1.29, 1.82) is 0 Å². The van der Waals surface area contributed by atoms with E-state index >= 15 is 0 Å². The van der Waals surface area contributed by atoms with Gasteiger partial charge in [0, 0.05) is 30.8 Å². The number of benzene rings is 1. The topological polar surface area (TPSA) is 71.5 Å². The number of nitrogens with one attached hydrogen (secondary N) is 1. The molecule has 1 unspecified atom stereocenters. The van der Waals surface area contributed by atoms with Gasteiger partial charge in [0.15, 0.2) is 0 Å². The summed E-state index contributed by atoms with van der Waals surface area (Å²) in [6, 6.07) is 8.51. The summed E-state index contributed by atoms with van der Waals surface area (Å²) in [6.45, 7) is 0.929. The molecule has 1 heterocycles. The summed E-state index contributed by atoms with van der Waals surface area (Å²) in [7, 11) is 1.58. The minimum absolute atomic E-state index is 0.460. The van der Waals surface area contributed by atoms with Crippen molar-refractivity contribution in [2.24, 2.45) is 0 Å². The van der Waals surface area contributed by atoms with E-state index in [0.29, 0.717) is 24.2 Å². The Labute approximate surface area is 111 Å². The fourth-order valence-corrected chi connectivity index (χ4v) is 2.00. The van der Waals surface area contributed by atoms with Crippen LogP contribution in [0.5, 0.6) is 0 Å². The van der Waals surface area contributed by atoms with Crippen molar-refractivity contribution >= 4 is 16.9 Å². The van der Waals surface area contributed by atoms with Crippen molar-refractivity contribution < 1.29 is 14.6 Å². The predicted octanol–water partition coefficient (Wildman–Crippen LogP) is 1.60. The van der Waals surface area contributed by atoms with Gasteiger partial charge in [-0.05, 0) is 6.07 Å². The maximum absolute atomic E-state index is 11.4. The highest BCUT2D eigenvalue weighted by atomic mass is 16.5. The third kappa shape index (κ3) is 3.07. The van der Waals surface area contributed by atoms with Crippen molar-refractivity contribution in [1.82, 2.24) is 10.3 Å². The lowest BCUT2D eigenvalue weighted by atomic mass is 10.0. The zero-order valence-electron chi connectivity index (χ0n) is 10.7. The molecule has 5 heteroatoms. The van der Waals surface area contributed by atoms with E-state index in [1.54, 1.807) is 19.4 Å². The van der Waals surface area contributed by atoms with Crippen molar-refractivity contribution in [2.45, 2.75) is 6.04 Å². The number of carboxylic acid groups (broad SMARTS) is 1. The van der Waals surface area contributed by atoms with E-state index in [2.05, 4.69) is 10.3 Å². The molecule has 0 saturated heterocycles. The lowest BCUT2D eigenvalue weighted by Gasteiger charge is -2.16. The SMILES string of the molecule is COCCNC(C(=O)O)c1cccc2cccnc12. The van der Waals surface area contributed by atoms with Crippen LogP contribution in [0.4, 0.5) is 0 Å². The minimum atomic E-state index is -0.922. The molecule has 0 aliphatic carbocycles. The summed E-state index contributed by atoms with van der Waals surface area (Å²) >= 11 is 0. The van der Waals surface area contributed by atoms with Gasteiger partial charge in [-0.15, -0.1) is 0 Å². The summed E-state index contributed by atoms with van der Waals surface area (Å²) in [5.41, 5.74) is 1.38. The Morgan fingerprint density at radius 2 is 2.21 bits per heavy atom. The molecule has 1 aromatic heterocycles. The largest absolute Gasteiger partial charge is 0.480 e. The Morgan fingerprint density at radius 1 is 1.42 bits per heavy atom. The van der Waals surface area contributed by atoms with Gasteiger partial charge in [-0.25, -0.2) is 0 Å². The number of hydrogen-bond acceptors (Lipinski definition) is 4. The second kappa shape index (κ2) is 6.26. The average Bonchev–Trinajstić information content (AvgIpc) is 2.43. The summed E-state index contributed by atoms with van der Waals surface area (Å²) in [5.74, 6) is -0.922. The summed E-state index contributed by atoms with van der Waals surface area (Å²) < 4.78 is 4.92. The highest BCUT2D eigenvalue weighted by molar-refractivity contribution is 5.87. The molecule has 2 N–H and O–H groups in total. The molecule has 2 aromatic rings. The molecule has 100 valence electrons. The van der Waals surface area contributed by atoms with Crippen LogP contribution in [0, 0.1) is 0 Å². The Hall–Kier alpha value is -1.98. The second-order valence-electron chi connectivity index (χ2n) is 4.14.